The number of rotatable bonds is 4. The van der Waals surface area contributed by atoms with Gasteiger partial charge < -0.3 is 0 Å². The summed E-state index contributed by atoms with van der Waals surface area (Å²) in [4.78, 5) is 21.1. The fourth-order valence-electron chi connectivity index (χ4n) is 2.53. The number of hydrogen-bond acceptors (Lipinski definition) is 6. The maximum atomic E-state index is 12.6. The number of carbonyl (C=O) groups excluding carboxylic acids is 1. The van der Waals surface area contributed by atoms with E-state index in [9.17, 15) is 4.79 Å². The van der Waals surface area contributed by atoms with Crippen LogP contribution in [0.4, 0.5) is 5.13 Å². The molecule has 0 spiro atoms. The minimum atomic E-state index is -0.346. The van der Waals surface area contributed by atoms with Crippen molar-refractivity contribution in [1.29, 1.82) is 0 Å². The van der Waals surface area contributed by atoms with Crippen molar-refractivity contribution >= 4 is 38.3 Å². The summed E-state index contributed by atoms with van der Waals surface area (Å²) in [6.07, 6.45) is 3.43. The van der Waals surface area contributed by atoms with Crippen LogP contribution in [0.5, 0.6) is 0 Å². The molecule has 0 aliphatic rings. The number of amides is 1. The summed E-state index contributed by atoms with van der Waals surface area (Å²) in [5.41, 5.74) is 3.38. The van der Waals surface area contributed by atoms with E-state index in [1.807, 2.05) is 41.8 Å². The number of halogens is 1. The third-order valence-electron chi connectivity index (χ3n) is 3.84. The molecule has 0 aliphatic carbocycles. The molecule has 4 aromatic rings. The Bertz CT molecular complexity index is 1110. The van der Waals surface area contributed by atoms with Gasteiger partial charge in [0.2, 0.25) is 0 Å². The van der Waals surface area contributed by atoms with Crippen molar-refractivity contribution in [2.45, 2.75) is 6.92 Å². The molecule has 0 fully saturated rings. The van der Waals surface area contributed by atoms with Crippen molar-refractivity contribution in [2.24, 2.45) is 0 Å². The number of hydrogen-bond donors (Lipinski definition) is 1. The third kappa shape index (κ3) is 3.64. The molecule has 27 heavy (non-hydrogen) atoms. The van der Waals surface area contributed by atoms with Gasteiger partial charge in [-0.25, -0.2) is 9.67 Å². The van der Waals surface area contributed by atoms with Gasteiger partial charge in [-0.1, -0.05) is 27.2 Å². The number of carbonyl (C=O) groups is 1. The number of thiazole rings is 1. The maximum Gasteiger partial charge on any atom is 0.279 e. The monoisotopic (exact) mass is 440 g/mol. The van der Waals surface area contributed by atoms with Crippen molar-refractivity contribution in [3.63, 3.8) is 0 Å². The number of aromatic nitrogens is 5. The molecule has 0 aliphatic heterocycles. The lowest BCUT2D eigenvalue weighted by atomic mass is 10.2. The largest absolute Gasteiger partial charge is 0.296 e. The number of pyridine rings is 1. The molecule has 0 atom stereocenters. The fraction of sp³-hybridized carbons (Fsp3) is 0.0556. The van der Waals surface area contributed by atoms with E-state index in [-0.39, 0.29) is 11.6 Å². The highest BCUT2D eigenvalue weighted by Gasteiger charge is 2.19. The highest BCUT2D eigenvalue weighted by molar-refractivity contribution is 9.10. The summed E-state index contributed by atoms with van der Waals surface area (Å²) in [5, 5.41) is 13.3. The molecule has 1 aromatic carbocycles. The zero-order valence-corrected chi connectivity index (χ0v) is 16.5. The van der Waals surface area contributed by atoms with Gasteiger partial charge in [0.15, 0.2) is 10.8 Å². The first-order valence-electron chi connectivity index (χ1n) is 7.97. The number of nitrogens with zero attached hydrogens (tertiary/aromatic N) is 5. The normalized spacial score (nSPS) is 10.7. The summed E-state index contributed by atoms with van der Waals surface area (Å²) in [6, 6.07) is 11.4. The Labute approximate surface area is 167 Å². The second-order valence-corrected chi connectivity index (χ2v) is 7.42. The minimum absolute atomic E-state index is 0.258. The molecule has 1 amide bonds. The maximum absolute atomic E-state index is 12.6. The van der Waals surface area contributed by atoms with E-state index in [2.05, 4.69) is 41.5 Å². The zero-order chi connectivity index (χ0) is 18.8. The van der Waals surface area contributed by atoms with Crippen LogP contribution in [0.1, 0.15) is 16.2 Å². The van der Waals surface area contributed by atoms with Crippen LogP contribution in [0, 0.1) is 6.92 Å². The molecule has 3 heterocycles. The topological polar surface area (TPSA) is 85.6 Å². The molecule has 0 saturated heterocycles. The molecule has 4 rings (SSSR count). The van der Waals surface area contributed by atoms with E-state index in [1.165, 1.54) is 11.3 Å². The van der Waals surface area contributed by atoms with Crippen LogP contribution in [0.15, 0.2) is 58.6 Å². The van der Waals surface area contributed by atoms with Crippen molar-refractivity contribution in [3.05, 3.63) is 70.0 Å². The first kappa shape index (κ1) is 17.5. The van der Waals surface area contributed by atoms with Gasteiger partial charge >= 0.3 is 0 Å². The molecule has 0 radical (unpaired) electrons. The summed E-state index contributed by atoms with van der Waals surface area (Å²) in [5.74, 6) is -0.346. The van der Waals surface area contributed by atoms with E-state index in [1.54, 1.807) is 24.0 Å². The Kier molecular flexibility index (Phi) is 4.78. The summed E-state index contributed by atoms with van der Waals surface area (Å²) < 4.78 is 2.55. The lowest BCUT2D eigenvalue weighted by Crippen LogP contribution is -2.14. The van der Waals surface area contributed by atoms with Crippen molar-refractivity contribution in [1.82, 2.24) is 25.0 Å². The van der Waals surface area contributed by atoms with Crippen LogP contribution >= 0.6 is 27.3 Å². The summed E-state index contributed by atoms with van der Waals surface area (Å²) >= 11 is 4.78. The summed E-state index contributed by atoms with van der Waals surface area (Å²) in [6.45, 7) is 1.80. The third-order valence-corrected chi connectivity index (χ3v) is 5.10. The lowest BCUT2D eigenvalue weighted by Gasteiger charge is -2.04. The van der Waals surface area contributed by atoms with Crippen LogP contribution in [-0.4, -0.2) is 30.9 Å². The predicted molar refractivity (Wildman–Crippen MR) is 107 cm³/mol. The van der Waals surface area contributed by atoms with Crippen LogP contribution in [-0.2, 0) is 0 Å². The minimum Gasteiger partial charge on any atom is -0.296 e. The van der Waals surface area contributed by atoms with E-state index >= 15 is 0 Å². The second-order valence-electron chi connectivity index (χ2n) is 5.65. The van der Waals surface area contributed by atoms with Gasteiger partial charge in [0.05, 0.1) is 17.1 Å². The molecule has 134 valence electrons. The Hall–Kier alpha value is -2.91. The van der Waals surface area contributed by atoms with Gasteiger partial charge in [0.1, 0.15) is 0 Å². The highest BCUT2D eigenvalue weighted by Crippen LogP contribution is 2.25. The van der Waals surface area contributed by atoms with Crippen LogP contribution in [0.25, 0.3) is 16.9 Å². The number of nitrogens with one attached hydrogen (secondary N) is 1. The highest BCUT2D eigenvalue weighted by atomic mass is 79.9. The number of benzene rings is 1. The molecule has 7 nitrogen and oxygen atoms in total. The number of anilines is 1. The Morgan fingerprint density at radius 3 is 2.93 bits per heavy atom. The predicted octanol–water partition coefficient (Wildman–Crippen LogP) is 4.11. The molecule has 9 heteroatoms. The van der Waals surface area contributed by atoms with Gasteiger partial charge in [-0.05, 0) is 37.3 Å². The second kappa shape index (κ2) is 7.37. The van der Waals surface area contributed by atoms with Crippen molar-refractivity contribution < 1.29 is 4.79 Å². The van der Waals surface area contributed by atoms with E-state index in [4.69, 9.17) is 0 Å². The van der Waals surface area contributed by atoms with Gasteiger partial charge in [0, 0.05) is 27.8 Å². The molecule has 3 aromatic heterocycles. The molecule has 0 saturated carbocycles. The molecule has 1 N–H and O–H groups in total. The summed E-state index contributed by atoms with van der Waals surface area (Å²) in [7, 11) is 0. The first-order chi connectivity index (χ1) is 13.1. The van der Waals surface area contributed by atoms with Crippen LogP contribution in [0.2, 0.25) is 0 Å². The van der Waals surface area contributed by atoms with E-state index in [0.717, 1.165) is 21.4 Å². The van der Waals surface area contributed by atoms with Gasteiger partial charge in [0.25, 0.3) is 5.91 Å². The Morgan fingerprint density at radius 2 is 2.15 bits per heavy atom. The smallest absolute Gasteiger partial charge is 0.279 e. The standard InChI is InChI=1S/C18H13BrN6OS/c1-11-16(23-24-25(11)14-6-2-5-13(19)8-14)17(26)22-18-21-15(10-27-18)12-4-3-7-20-9-12/h2-10H,1H3,(H,21,22,26). The average Bonchev–Trinajstić information content (AvgIpc) is 3.29. The van der Waals surface area contributed by atoms with Crippen molar-refractivity contribution in [2.75, 3.05) is 5.32 Å². The van der Waals surface area contributed by atoms with E-state index < -0.39 is 0 Å². The Balaban J connectivity index is 1.55. The van der Waals surface area contributed by atoms with Crippen LogP contribution < -0.4 is 5.32 Å². The first-order valence-corrected chi connectivity index (χ1v) is 9.64. The van der Waals surface area contributed by atoms with Gasteiger partial charge in [-0.15, -0.1) is 16.4 Å². The van der Waals surface area contributed by atoms with Gasteiger partial charge in [-0.2, -0.15) is 0 Å². The quantitative estimate of drug-likeness (QED) is 0.515. The zero-order valence-electron chi connectivity index (χ0n) is 14.1. The molecule has 0 unspecified atom stereocenters. The average molecular weight is 441 g/mol. The molecular weight excluding hydrogens is 428 g/mol. The SMILES string of the molecule is Cc1c(C(=O)Nc2nc(-c3cccnc3)cs2)nnn1-c1cccc(Br)c1. The molecular formula is C18H13BrN6OS. The lowest BCUT2D eigenvalue weighted by molar-refractivity contribution is 0.102. The molecule has 0 bridgehead atoms. The van der Waals surface area contributed by atoms with Gasteiger partial charge in [-0.3, -0.25) is 15.1 Å². The Morgan fingerprint density at radius 1 is 1.26 bits per heavy atom. The van der Waals surface area contributed by atoms with E-state index in [0.29, 0.717) is 10.8 Å². The fourth-order valence-corrected chi connectivity index (χ4v) is 3.63. The van der Waals surface area contributed by atoms with Crippen LogP contribution in [0.3, 0.4) is 0 Å². The van der Waals surface area contributed by atoms with Crippen molar-refractivity contribution in [3.8, 4) is 16.9 Å².